The van der Waals surface area contributed by atoms with E-state index in [4.69, 9.17) is 10.9 Å². The minimum atomic E-state index is 0.0482. The SMILES string of the molecule is Cc1cc(C)c(/C(N)=N/O)c(Sc2nncs2)n1. The molecule has 0 atom stereocenters. The predicted molar refractivity (Wildman–Crippen MR) is 70.3 cm³/mol. The van der Waals surface area contributed by atoms with Crippen molar-refractivity contribution < 1.29 is 5.21 Å². The van der Waals surface area contributed by atoms with Gasteiger partial charge in [-0.3, -0.25) is 0 Å². The Bertz CT molecular complexity index is 582. The summed E-state index contributed by atoms with van der Waals surface area (Å²) in [6.07, 6.45) is 0. The van der Waals surface area contributed by atoms with E-state index in [2.05, 4.69) is 20.3 Å². The Balaban J connectivity index is 2.50. The summed E-state index contributed by atoms with van der Waals surface area (Å²) >= 11 is 2.77. The summed E-state index contributed by atoms with van der Waals surface area (Å²) in [5.74, 6) is 0.0482. The highest BCUT2D eigenvalue weighted by molar-refractivity contribution is 8.01. The zero-order valence-corrected chi connectivity index (χ0v) is 11.4. The number of hydrogen-bond donors (Lipinski definition) is 2. The molecule has 0 radical (unpaired) electrons. The number of oxime groups is 1. The van der Waals surface area contributed by atoms with Gasteiger partial charge in [-0.05, 0) is 37.2 Å². The fourth-order valence-corrected chi connectivity index (χ4v) is 3.18. The normalized spacial score (nSPS) is 11.8. The average Bonchev–Trinajstić information content (AvgIpc) is 2.80. The first-order valence-electron chi connectivity index (χ1n) is 5.02. The third-order valence-corrected chi connectivity index (χ3v) is 3.97. The second-order valence-corrected chi connectivity index (χ2v) is 5.62. The molecule has 0 spiro atoms. The lowest BCUT2D eigenvalue weighted by molar-refractivity contribution is 0.318. The van der Waals surface area contributed by atoms with Gasteiger partial charge in [-0.2, -0.15) is 0 Å². The van der Waals surface area contributed by atoms with Crippen LogP contribution in [-0.4, -0.2) is 26.2 Å². The van der Waals surface area contributed by atoms with Crippen molar-refractivity contribution in [2.75, 3.05) is 0 Å². The zero-order chi connectivity index (χ0) is 13.1. The maximum absolute atomic E-state index is 8.83. The molecule has 0 aliphatic carbocycles. The first-order chi connectivity index (χ1) is 8.61. The highest BCUT2D eigenvalue weighted by Crippen LogP contribution is 2.31. The van der Waals surface area contributed by atoms with E-state index in [1.165, 1.54) is 23.1 Å². The molecular formula is C10H11N5OS2. The second kappa shape index (κ2) is 5.32. The number of rotatable bonds is 3. The molecule has 0 fully saturated rings. The summed E-state index contributed by atoms with van der Waals surface area (Å²) in [6, 6.07) is 1.89. The van der Waals surface area contributed by atoms with Crippen LogP contribution in [0.4, 0.5) is 0 Å². The van der Waals surface area contributed by atoms with Crippen LogP contribution in [0.1, 0.15) is 16.8 Å². The minimum Gasteiger partial charge on any atom is -0.409 e. The van der Waals surface area contributed by atoms with Crippen molar-refractivity contribution >= 4 is 28.9 Å². The van der Waals surface area contributed by atoms with Crippen molar-refractivity contribution in [1.29, 1.82) is 0 Å². The van der Waals surface area contributed by atoms with E-state index in [1.807, 2.05) is 19.9 Å². The van der Waals surface area contributed by atoms with Gasteiger partial charge in [0.1, 0.15) is 10.5 Å². The summed E-state index contributed by atoms with van der Waals surface area (Å²) in [6.45, 7) is 3.79. The largest absolute Gasteiger partial charge is 0.409 e. The number of nitrogens with zero attached hydrogens (tertiary/aromatic N) is 4. The number of pyridine rings is 1. The first kappa shape index (κ1) is 12.8. The van der Waals surface area contributed by atoms with Crippen LogP contribution in [0.15, 0.2) is 26.1 Å². The summed E-state index contributed by atoms with van der Waals surface area (Å²) < 4.78 is 0.763. The average molecular weight is 281 g/mol. The molecule has 0 saturated carbocycles. The molecule has 0 bridgehead atoms. The molecule has 2 aromatic heterocycles. The number of amidine groups is 1. The molecule has 0 aliphatic rings. The van der Waals surface area contributed by atoms with Gasteiger partial charge < -0.3 is 10.9 Å². The van der Waals surface area contributed by atoms with Crippen LogP contribution >= 0.6 is 23.1 Å². The number of aryl methyl sites for hydroxylation is 2. The van der Waals surface area contributed by atoms with Gasteiger partial charge in [-0.15, -0.1) is 10.2 Å². The van der Waals surface area contributed by atoms with E-state index < -0.39 is 0 Å². The van der Waals surface area contributed by atoms with Gasteiger partial charge >= 0.3 is 0 Å². The monoisotopic (exact) mass is 281 g/mol. The van der Waals surface area contributed by atoms with Gasteiger partial charge in [-0.1, -0.05) is 16.5 Å². The third-order valence-electron chi connectivity index (χ3n) is 2.20. The quantitative estimate of drug-likeness (QED) is 0.385. The van der Waals surface area contributed by atoms with Crippen molar-refractivity contribution in [2.24, 2.45) is 10.9 Å². The van der Waals surface area contributed by atoms with E-state index >= 15 is 0 Å². The second-order valence-electron chi connectivity index (χ2n) is 3.55. The van der Waals surface area contributed by atoms with Crippen LogP contribution in [0.5, 0.6) is 0 Å². The molecule has 6 nitrogen and oxygen atoms in total. The van der Waals surface area contributed by atoms with Gasteiger partial charge in [0.05, 0.1) is 5.56 Å². The van der Waals surface area contributed by atoms with E-state index in [-0.39, 0.29) is 5.84 Å². The van der Waals surface area contributed by atoms with E-state index in [1.54, 1.807) is 5.51 Å². The summed E-state index contributed by atoms with van der Waals surface area (Å²) in [5.41, 5.74) is 9.74. The maximum atomic E-state index is 8.83. The van der Waals surface area contributed by atoms with Gasteiger partial charge in [0.25, 0.3) is 0 Å². The first-order valence-corrected chi connectivity index (χ1v) is 6.71. The minimum absolute atomic E-state index is 0.0482. The molecule has 18 heavy (non-hydrogen) atoms. The highest BCUT2D eigenvalue weighted by atomic mass is 32.2. The highest BCUT2D eigenvalue weighted by Gasteiger charge is 2.15. The Morgan fingerprint density at radius 2 is 2.28 bits per heavy atom. The van der Waals surface area contributed by atoms with Crippen molar-refractivity contribution in [3.05, 3.63) is 28.4 Å². The number of aromatic nitrogens is 3. The van der Waals surface area contributed by atoms with Crippen molar-refractivity contribution in [1.82, 2.24) is 15.2 Å². The van der Waals surface area contributed by atoms with Gasteiger partial charge in [0, 0.05) is 5.69 Å². The molecule has 0 aliphatic heterocycles. The topological polar surface area (TPSA) is 97.3 Å². The maximum Gasteiger partial charge on any atom is 0.180 e. The lowest BCUT2D eigenvalue weighted by atomic mass is 10.1. The van der Waals surface area contributed by atoms with Crippen LogP contribution in [0.25, 0.3) is 0 Å². The molecule has 2 rings (SSSR count). The summed E-state index contributed by atoms with van der Waals surface area (Å²) in [4.78, 5) is 4.41. The zero-order valence-electron chi connectivity index (χ0n) is 9.78. The van der Waals surface area contributed by atoms with Crippen LogP contribution < -0.4 is 5.73 Å². The molecule has 94 valence electrons. The lowest BCUT2D eigenvalue weighted by Gasteiger charge is -2.10. The third kappa shape index (κ3) is 2.59. The Labute approximate surface area is 112 Å². The van der Waals surface area contributed by atoms with Gasteiger partial charge in [0.15, 0.2) is 10.2 Å². The molecule has 3 N–H and O–H groups in total. The van der Waals surface area contributed by atoms with Crippen LogP contribution in [0.3, 0.4) is 0 Å². The van der Waals surface area contributed by atoms with E-state index in [0.29, 0.717) is 10.6 Å². The molecule has 8 heteroatoms. The lowest BCUT2D eigenvalue weighted by Crippen LogP contribution is -2.17. The van der Waals surface area contributed by atoms with Crippen LogP contribution in [0.2, 0.25) is 0 Å². The Hall–Kier alpha value is -1.67. The molecule has 0 unspecified atom stereocenters. The summed E-state index contributed by atoms with van der Waals surface area (Å²) in [7, 11) is 0. The Kier molecular flexibility index (Phi) is 3.78. The molecule has 2 heterocycles. The standard InChI is InChI=1S/C10H11N5OS2/c1-5-3-6(2)13-9(7(5)8(11)15-16)18-10-14-12-4-17-10/h3-4,16H,1-2H3,(H2,11,15). The predicted octanol–water partition coefficient (Wildman–Crippen LogP) is 1.80. The fraction of sp³-hybridized carbons (Fsp3) is 0.200. The van der Waals surface area contributed by atoms with Crippen LogP contribution in [0, 0.1) is 13.8 Å². The Morgan fingerprint density at radius 3 is 2.89 bits per heavy atom. The number of hydrogen-bond acceptors (Lipinski definition) is 7. The van der Waals surface area contributed by atoms with Gasteiger partial charge in [0.2, 0.25) is 0 Å². The smallest absolute Gasteiger partial charge is 0.180 e. The summed E-state index contributed by atoms with van der Waals surface area (Å²) in [5, 5.41) is 20.3. The van der Waals surface area contributed by atoms with Gasteiger partial charge in [-0.25, -0.2) is 4.98 Å². The van der Waals surface area contributed by atoms with E-state index in [9.17, 15) is 0 Å². The van der Waals surface area contributed by atoms with Crippen molar-refractivity contribution in [2.45, 2.75) is 23.2 Å². The molecule has 0 aromatic carbocycles. The van der Waals surface area contributed by atoms with Crippen molar-refractivity contribution in [3.8, 4) is 0 Å². The number of nitrogens with two attached hydrogens (primary N) is 1. The molecular weight excluding hydrogens is 270 g/mol. The Morgan fingerprint density at radius 1 is 1.50 bits per heavy atom. The van der Waals surface area contributed by atoms with Crippen LogP contribution in [-0.2, 0) is 0 Å². The molecule has 0 saturated heterocycles. The fourth-order valence-electron chi connectivity index (χ4n) is 1.53. The van der Waals surface area contributed by atoms with E-state index in [0.717, 1.165) is 15.6 Å². The molecule has 2 aromatic rings. The van der Waals surface area contributed by atoms with Crippen molar-refractivity contribution in [3.63, 3.8) is 0 Å². The molecule has 0 amide bonds.